The van der Waals surface area contributed by atoms with Crippen LogP contribution in [0.25, 0.3) is 0 Å². The largest absolute Gasteiger partial charge is 0.491 e. The zero-order valence-corrected chi connectivity index (χ0v) is 20.4. The van der Waals surface area contributed by atoms with Gasteiger partial charge in [-0.15, -0.1) is 0 Å². The maximum absolute atomic E-state index is 12.9. The average molecular weight is 493 g/mol. The maximum Gasteiger partial charge on any atom is 0.416 e. The van der Waals surface area contributed by atoms with Crippen LogP contribution in [0.5, 0.6) is 5.75 Å². The van der Waals surface area contributed by atoms with E-state index in [2.05, 4.69) is 27.1 Å². The molecular weight excluding hydrogens is 457 g/mol. The lowest BCUT2D eigenvalue weighted by molar-refractivity contribution is -0.137. The first-order valence-corrected chi connectivity index (χ1v) is 12.1. The molecule has 2 N–H and O–H groups in total. The highest BCUT2D eigenvalue weighted by molar-refractivity contribution is 6.00. The molecule has 0 aliphatic carbocycles. The summed E-state index contributed by atoms with van der Waals surface area (Å²) in [5.41, 5.74) is 7.24. The number of ether oxygens (including phenoxy) is 1. The fraction of sp³-hybridized carbons (Fsp3) is 0.500. The zero-order chi connectivity index (χ0) is 25.3. The van der Waals surface area contributed by atoms with Crippen molar-refractivity contribution in [2.75, 3.05) is 50.8 Å². The third-order valence-electron chi connectivity index (χ3n) is 5.76. The van der Waals surface area contributed by atoms with Crippen LogP contribution in [-0.2, 0) is 11.0 Å². The minimum absolute atomic E-state index is 0.154. The van der Waals surface area contributed by atoms with Gasteiger partial charge in [0.1, 0.15) is 12.4 Å². The van der Waals surface area contributed by atoms with Gasteiger partial charge in [0.2, 0.25) is 0 Å². The molecule has 0 aromatic heterocycles. The molecule has 2 aromatic rings. The van der Waals surface area contributed by atoms with Gasteiger partial charge in [0.15, 0.2) is 0 Å². The van der Waals surface area contributed by atoms with Crippen molar-refractivity contribution in [3.8, 4) is 5.75 Å². The number of nitrogens with zero attached hydrogens (tertiary/aromatic N) is 3. The number of hydrogen-bond acceptors (Lipinski definition) is 6. The molecule has 6 nitrogen and oxygen atoms in total. The molecule has 0 unspecified atom stereocenters. The third-order valence-corrected chi connectivity index (χ3v) is 5.76. The van der Waals surface area contributed by atoms with Crippen molar-refractivity contribution >= 4 is 11.4 Å². The standard InChI is InChI=1S/C26H35F3N4O2/c1-20(2)35-24-11-9-23(10-12-24)33-17-15-32(16-18-33)14-3-4-25(31-34-19-13-30)21-5-7-22(8-6-21)26(27,28)29/h5-12,20H,3-4,13-19,30H2,1-2H3/b31-25+. The summed E-state index contributed by atoms with van der Waals surface area (Å²) < 4.78 is 44.4. The molecule has 192 valence electrons. The number of nitrogens with two attached hydrogens (primary N) is 1. The number of hydrogen-bond donors (Lipinski definition) is 1. The molecule has 35 heavy (non-hydrogen) atoms. The molecule has 1 saturated heterocycles. The summed E-state index contributed by atoms with van der Waals surface area (Å²) in [6, 6.07) is 13.3. The molecular formula is C26H35F3N4O2. The predicted octanol–water partition coefficient (Wildman–Crippen LogP) is 4.77. The molecule has 1 heterocycles. The van der Waals surface area contributed by atoms with Gasteiger partial charge in [0.05, 0.1) is 17.4 Å². The van der Waals surface area contributed by atoms with E-state index >= 15 is 0 Å². The maximum atomic E-state index is 12.9. The van der Waals surface area contributed by atoms with Crippen molar-refractivity contribution in [1.29, 1.82) is 0 Å². The van der Waals surface area contributed by atoms with Crippen LogP contribution in [0.2, 0.25) is 0 Å². The second-order valence-corrected chi connectivity index (χ2v) is 8.83. The van der Waals surface area contributed by atoms with E-state index in [9.17, 15) is 13.2 Å². The van der Waals surface area contributed by atoms with Crippen LogP contribution in [-0.4, -0.2) is 62.6 Å². The monoisotopic (exact) mass is 492 g/mol. The summed E-state index contributed by atoms with van der Waals surface area (Å²) in [4.78, 5) is 10.0. The van der Waals surface area contributed by atoms with Gasteiger partial charge in [-0.2, -0.15) is 13.2 Å². The lowest BCUT2D eigenvalue weighted by Crippen LogP contribution is -2.46. The number of piperazine rings is 1. The average Bonchev–Trinajstić information content (AvgIpc) is 2.83. The minimum Gasteiger partial charge on any atom is -0.491 e. The minimum atomic E-state index is -4.36. The lowest BCUT2D eigenvalue weighted by Gasteiger charge is -2.36. The van der Waals surface area contributed by atoms with Crippen LogP contribution in [0.3, 0.4) is 0 Å². The SMILES string of the molecule is CC(C)Oc1ccc(N2CCN(CCC/C(=N\OCCN)c3ccc(C(F)(F)F)cc3)CC2)cc1. The van der Waals surface area contributed by atoms with Crippen molar-refractivity contribution < 1.29 is 22.7 Å². The van der Waals surface area contributed by atoms with Crippen molar-refractivity contribution in [2.24, 2.45) is 10.9 Å². The first-order chi connectivity index (χ1) is 16.8. The normalized spacial score (nSPS) is 15.5. The Morgan fingerprint density at radius 1 is 1.00 bits per heavy atom. The summed E-state index contributed by atoms with van der Waals surface area (Å²) in [6.45, 7) is 9.25. The van der Waals surface area contributed by atoms with Gasteiger partial charge in [-0.3, -0.25) is 4.90 Å². The van der Waals surface area contributed by atoms with Crippen molar-refractivity contribution in [2.45, 2.75) is 39.0 Å². The Morgan fingerprint density at radius 3 is 2.23 bits per heavy atom. The van der Waals surface area contributed by atoms with E-state index in [0.29, 0.717) is 24.2 Å². The molecule has 2 aromatic carbocycles. The smallest absolute Gasteiger partial charge is 0.416 e. The Morgan fingerprint density at radius 2 is 1.66 bits per heavy atom. The van der Waals surface area contributed by atoms with Gasteiger partial charge in [0, 0.05) is 38.4 Å². The number of rotatable bonds is 11. The van der Waals surface area contributed by atoms with Crippen LogP contribution >= 0.6 is 0 Å². The first-order valence-electron chi connectivity index (χ1n) is 12.1. The van der Waals surface area contributed by atoms with Crippen LogP contribution in [0.4, 0.5) is 18.9 Å². The van der Waals surface area contributed by atoms with E-state index in [1.807, 2.05) is 26.0 Å². The lowest BCUT2D eigenvalue weighted by atomic mass is 10.0. The Balaban J connectivity index is 1.49. The van der Waals surface area contributed by atoms with Crippen molar-refractivity contribution in [1.82, 2.24) is 4.90 Å². The van der Waals surface area contributed by atoms with E-state index < -0.39 is 11.7 Å². The van der Waals surface area contributed by atoms with E-state index in [4.69, 9.17) is 15.3 Å². The molecule has 0 bridgehead atoms. The quantitative estimate of drug-likeness (QED) is 0.278. The summed E-state index contributed by atoms with van der Waals surface area (Å²) in [5, 5.41) is 4.15. The molecule has 0 saturated carbocycles. The Hall–Kier alpha value is -2.78. The highest BCUT2D eigenvalue weighted by atomic mass is 19.4. The molecule has 3 rings (SSSR count). The van der Waals surface area contributed by atoms with Crippen molar-refractivity contribution in [3.63, 3.8) is 0 Å². The highest BCUT2D eigenvalue weighted by Crippen LogP contribution is 2.29. The summed E-state index contributed by atoms with van der Waals surface area (Å²) in [7, 11) is 0. The van der Waals surface area contributed by atoms with Crippen molar-refractivity contribution in [3.05, 3.63) is 59.7 Å². The fourth-order valence-electron chi connectivity index (χ4n) is 3.98. The molecule has 1 aliphatic heterocycles. The number of anilines is 1. The van der Waals surface area contributed by atoms with Gasteiger partial charge in [-0.05, 0) is 75.2 Å². The van der Waals surface area contributed by atoms with Gasteiger partial charge >= 0.3 is 6.18 Å². The Labute approximate surface area is 205 Å². The topological polar surface area (TPSA) is 63.3 Å². The summed E-state index contributed by atoms with van der Waals surface area (Å²) in [5.74, 6) is 0.878. The van der Waals surface area contributed by atoms with Gasteiger partial charge in [-0.25, -0.2) is 0 Å². The number of oxime groups is 1. The van der Waals surface area contributed by atoms with Crippen LogP contribution in [0.1, 0.15) is 37.8 Å². The molecule has 0 amide bonds. The Kier molecular flexibility index (Phi) is 9.80. The number of halogens is 3. The van der Waals surface area contributed by atoms with Gasteiger partial charge < -0.3 is 20.2 Å². The number of alkyl halides is 3. The molecule has 9 heteroatoms. The first kappa shape index (κ1) is 26.8. The summed E-state index contributed by atoms with van der Waals surface area (Å²) in [6.07, 6.45) is -2.78. The second-order valence-electron chi connectivity index (χ2n) is 8.83. The second kappa shape index (κ2) is 12.8. The highest BCUT2D eigenvalue weighted by Gasteiger charge is 2.30. The molecule has 1 fully saturated rings. The molecule has 0 spiro atoms. The van der Waals surface area contributed by atoms with E-state index in [1.54, 1.807) is 0 Å². The third kappa shape index (κ3) is 8.43. The number of benzene rings is 2. The summed E-state index contributed by atoms with van der Waals surface area (Å²) >= 11 is 0. The Bertz CT molecular complexity index is 923. The molecule has 0 radical (unpaired) electrons. The zero-order valence-electron chi connectivity index (χ0n) is 20.4. The van der Waals surface area contributed by atoms with Crippen LogP contribution < -0.4 is 15.4 Å². The van der Waals surface area contributed by atoms with E-state index in [-0.39, 0.29) is 12.7 Å². The predicted molar refractivity (Wildman–Crippen MR) is 133 cm³/mol. The van der Waals surface area contributed by atoms with E-state index in [0.717, 1.165) is 57.0 Å². The molecule has 0 atom stereocenters. The fourth-order valence-corrected chi connectivity index (χ4v) is 3.98. The molecule has 1 aliphatic rings. The van der Waals surface area contributed by atoms with Crippen LogP contribution in [0, 0.1) is 0 Å². The van der Waals surface area contributed by atoms with Gasteiger partial charge in [0.25, 0.3) is 0 Å². The van der Waals surface area contributed by atoms with Crippen LogP contribution in [0.15, 0.2) is 53.7 Å². The van der Waals surface area contributed by atoms with Gasteiger partial charge in [-0.1, -0.05) is 17.3 Å². The van der Waals surface area contributed by atoms with E-state index in [1.165, 1.54) is 17.8 Å².